The van der Waals surface area contributed by atoms with E-state index < -0.39 is 0 Å². The van der Waals surface area contributed by atoms with Crippen LogP contribution in [0.3, 0.4) is 0 Å². The van der Waals surface area contributed by atoms with Crippen LogP contribution in [0.25, 0.3) is 11.3 Å². The third-order valence-corrected chi connectivity index (χ3v) is 3.37. The molecule has 0 bridgehead atoms. The SMILES string of the molecule is O=c1cc2c(n[nH]1)-c1cccc(Br)c1C2. The van der Waals surface area contributed by atoms with Crippen LogP contribution in [0, 0.1) is 0 Å². The molecule has 0 atom stereocenters. The molecule has 0 fully saturated rings. The number of fused-ring (bicyclic) bond motifs is 3. The molecule has 0 spiro atoms. The van der Waals surface area contributed by atoms with Gasteiger partial charge in [-0.25, -0.2) is 5.10 Å². The first kappa shape index (κ1) is 8.85. The molecule has 0 saturated heterocycles. The average molecular weight is 263 g/mol. The Hall–Kier alpha value is -1.42. The molecule has 0 amide bonds. The van der Waals surface area contributed by atoms with Crippen LogP contribution in [-0.4, -0.2) is 10.2 Å². The summed E-state index contributed by atoms with van der Waals surface area (Å²) < 4.78 is 1.07. The Kier molecular flexibility index (Phi) is 1.79. The highest BCUT2D eigenvalue weighted by Gasteiger charge is 2.21. The molecule has 15 heavy (non-hydrogen) atoms. The molecule has 74 valence electrons. The van der Waals surface area contributed by atoms with E-state index in [0.717, 1.165) is 27.7 Å². The van der Waals surface area contributed by atoms with E-state index in [1.54, 1.807) is 6.07 Å². The molecule has 4 heteroatoms. The van der Waals surface area contributed by atoms with Gasteiger partial charge in [-0.15, -0.1) is 0 Å². The topological polar surface area (TPSA) is 45.8 Å². The number of aromatic nitrogens is 2. The first-order valence-electron chi connectivity index (χ1n) is 4.62. The van der Waals surface area contributed by atoms with Crippen molar-refractivity contribution in [2.24, 2.45) is 0 Å². The van der Waals surface area contributed by atoms with Gasteiger partial charge in [-0.05, 0) is 17.2 Å². The number of rotatable bonds is 0. The number of aromatic amines is 1. The minimum Gasteiger partial charge on any atom is -0.268 e. The first-order valence-corrected chi connectivity index (χ1v) is 5.41. The van der Waals surface area contributed by atoms with Crippen molar-refractivity contribution in [2.45, 2.75) is 6.42 Å². The molecule has 1 N–H and O–H groups in total. The van der Waals surface area contributed by atoms with Gasteiger partial charge in [-0.3, -0.25) is 4.79 Å². The Morgan fingerprint density at radius 3 is 3.13 bits per heavy atom. The number of halogens is 1. The van der Waals surface area contributed by atoms with Crippen molar-refractivity contribution in [2.75, 3.05) is 0 Å². The van der Waals surface area contributed by atoms with Crippen LogP contribution in [0.15, 0.2) is 33.5 Å². The number of nitrogens with zero attached hydrogens (tertiary/aromatic N) is 1. The maximum atomic E-state index is 11.1. The van der Waals surface area contributed by atoms with Crippen LogP contribution in [0.4, 0.5) is 0 Å². The summed E-state index contributed by atoms with van der Waals surface area (Å²) in [6, 6.07) is 7.63. The van der Waals surface area contributed by atoms with Crippen molar-refractivity contribution in [1.29, 1.82) is 0 Å². The summed E-state index contributed by atoms with van der Waals surface area (Å²) in [6.07, 6.45) is 0.781. The molecule has 1 heterocycles. The van der Waals surface area contributed by atoms with Gasteiger partial charge in [0.15, 0.2) is 0 Å². The Bertz CT molecular complexity index is 604. The highest BCUT2D eigenvalue weighted by atomic mass is 79.9. The number of hydrogen-bond acceptors (Lipinski definition) is 2. The zero-order valence-corrected chi connectivity index (χ0v) is 9.34. The summed E-state index contributed by atoms with van der Waals surface area (Å²) in [6.45, 7) is 0. The molecule has 3 nitrogen and oxygen atoms in total. The summed E-state index contributed by atoms with van der Waals surface area (Å²) in [7, 11) is 0. The molecule has 0 unspecified atom stereocenters. The van der Waals surface area contributed by atoms with E-state index >= 15 is 0 Å². The molecule has 1 aromatic heterocycles. The van der Waals surface area contributed by atoms with Gasteiger partial charge in [-0.2, -0.15) is 5.10 Å². The van der Waals surface area contributed by atoms with Gasteiger partial charge in [0.25, 0.3) is 5.56 Å². The second-order valence-corrected chi connectivity index (χ2v) is 4.40. The van der Waals surface area contributed by atoms with Crippen LogP contribution < -0.4 is 5.56 Å². The summed E-state index contributed by atoms with van der Waals surface area (Å²) in [5.74, 6) is 0. The molecule has 3 rings (SSSR count). The quantitative estimate of drug-likeness (QED) is 0.675. The minimum atomic E-state index is -0.141. The molecule has 0 aliphatic heterocycles. The van der Waals surface area contributed by atoms with E-state index in [0.29, 0.717) is 0 Å². The van der Waals surface area contributed by atoms with E-state index in [-0.39, 0.29) is 5.56 Å². The van der Waals surface area contributed by atoms with Crippen molar-refractivity contribution in [1.82, 2.24) is 10.2 Å². The third kappa shape index (κ3) is 1.25. The molecule has 0 radical (unpaired) electrons. The van der Waals surface area contributed by atoms with E-state index in [9.17, 15) is 4.79 Å². The largest absolute Gasteiger partial charge is 0.268 e. The highest BCUT2D eigenvalue weighted by Crippen LogP contribution is 2.37. The minimum absolute atomic E-state index is 0.141. The van der Waals surface area contributed by atoms with E-state index in [4.69, 9.17) is 0 Å². The van der Waals surface area contributed by atoms with Crippen LogP contribution >= 0.6 is 15.9 Å². The van der Waals surface area contributed by atoms with Crippen molar-refractivity contribution >= 4 is 15.9 Å². The zero-order valence-electron chi connectivity index (χ0n) is 7.75. The van der Waals surface area contributed by atoms with Gasteiger partial charge in [0.05, 0.1) is 5.69 Å². The predicted molar refractivity (Wildman–Crippen MR) is 60.8 cm³/mol. The lowest BCUT2D eigenvalue weighted by atomic mass is 10.1. The normalized spacial score (nSPS) is 12.3. The molecule has 1 aromatic carbocycles. The summed E-state index contributed by atoms with van der Waals surface area (Å²) in [5, 5.41) is 6.55. The third-order valence-electron chi connectivity index (χ3n) is 2.63. The maximum absolute atomic E-state index is 11.1. The summed E-state index contributed by atoms with van der Waals surface area (Å²) in [5.41, 5.74) is 4.07. The van der Waals surface area contributed by atoms with Crippen molar-refractivity contribution in [3.63, 3.8) is 0 Å². The van der Waals surface area contributed by atoms with Gasteiger partial charge in [-0.1, -0.05) is 28.1 Å². The molecule has 1 aliphatic rings. The lowest BCUT2D eigenvalue weighted by Crippen LogP contribution is -2.07. The van der Waals surface area contributed by atoms with Crippen molar-refractivity contribution < 1.29 is 0 Å². The van der Waals surface area contributed by atoms with Gasteiger partial charge in [0, 0.05) is 22.5 Å². The Morgan fingerprint density at radius 2 is 2.27 bits per heavy atom. The van der Waals surface area contributed by atoms with Crippen LogP contribution in [0.5, 0.6) is 0 Å². The average Bonchev–Trinajstić information content (AvgIpc) is 2.57. The van der Waals surface area contributed by atoms with Gasteiger partial charge >= 0.3 is 0 Å². The van der Waals surface area contributed by atoms with Gasteiger partial charge in [0.1, 0.15) is 0 Å². The lowest BCUT2D eigenvalue weighted by Gasteiger charge is -2.00. The summed E-state index contributed by atoms with van der Waals surface area (Å²) >= 11 is 3.51. The fourth-order valence-electron chi connectivity index (χ4n) is 1.96. The fourth-order valence-corrected chi connectivity index (χ4v) is 2.47. The van der Waals surface area contributed by atoms with Crippen LogP contribution in [0.2, 0.25) is 0 Å². The lowest BCUT2D eigenvalue weighted by molar-refractivity contribution is 0.983. The van der Waals surface area contributed by atoms with Crippen LogP contribution in [0.1, 0.15) is 11.1 Å². The number of nitrogens with one attached hydrogen (secondary N) is 1. The zero-order chi connectivity index (χ0) is 10.4. The fraction of sp³-hybridized carbons (Fsp3) is 0.0909. The second kappa shape index (κ2) is 3.03. The van der Waals surface area contributed by atoms with Gasteiger partial charge in [0.2, 0.25) is 0 Å². The van der Waals surface area contributed by atoms with E-state index in [1.807, 2.05) is 18.2 Å². The van der Waals surface area contributed by atoms with Gasteiger partial charge < -0.3 is 0 Å². The Balaban J connectivity index is 2.33. The molecule has 1 aliphatic carbocycles. The number of H-pyrrole nitrogens is 1. The molecular weight excluding hydrogens is 256 g/mol. The molecule has 0 saturated carbocycles. The van der Waals surface area contributed by atoms with E-state index in [1.165, 1.54) is 5.56 Å². The first-order chi connectivity index (χ1) is 7.25. The van der Waals surface area contributed by atoms with E-state index in [2.05, 4.69) is 26.1 Å². The predicted octanol–water partition coefficient (Wildman–Crippen LogP) is 2.10. The highest BCUT2D eigenvalue weighted by molar-refractivity contribution is 9.10. The maximum Gasteiger partial charge on any atom is 0.264 e. The van der Waals surface area contributed by atoms with Crippen molar-refractivity contribution in [3.05, 3.63) is 50.2 Å². The standard InChI is InChI=1S/C11H7BrN2O/c12-9-3-1-2-7-8(9)4-6-5-10(15)13-14-11(6)7/h1-3,5H,4H2,(H,13,15). The Labute approximate surface area is 94.3 Å². The second-order valence-electron chi connectivity index (χ2n) is 3.55. The van der Waals surface area contributed by atoms with Crippen LogP contribution in [-0.2, 0) is 6.42 Å². The number of benzene rings is 1. The molecular formula is C11H7BrN2O. The Morgan fingerprint density at radius 1 is 1.40 bits per heavy atom. The molecule has 2 aromatic rings. The summed E-state index contributed by atoms with van der Waals surface area (Å²) in [4.78, 5) is 11.1. The monoisotopic (exact) mass is 262 g/mol. The van der Waals surface area contributed by atoms with Crippen molar-refractivity contribution in [3.8, 4) is 11.3 Å². The number of hydrogen-bond donors (Lipinski definition) is 1. The smallest absolute Gasteiger partial charge is 0.264 e.